The van der Waals surface area contributed by atoms with E-state index in [2.05, 4.69) is 15.0 Å². The van der Waals surface area contributed by atoms with Crippen molar-refractivity contribution in [1.29, 1.82) is 0 Å². The molecule has 0 unspecified atom stereocenters. The number of aromatic nitrogens is 1. The zero-order valence-corrected chi connectivity index (χ0v) is 15.5. The van der Waals surface area contributed by atoms with Crippen LogP contribution in [-0.2, 0) is 10.0 Å². The van der Waals surface area contributed by atoms with Gasteiger partial charge in [-0.1, -0.05) is 6.07 Å². The minimum absolute atomic E-state index is 0.115. The van der Waals surface area contributed by atoms with E-state index in [1.54, 1.807) is 31.2 Å². The van der Waals surface area contributed by atoms with Crippen LogP contribution in [0.5, 0.6) is 5.75 Å². The van der Waals surface area contributed by atoms with Crippen LogP contribution in [0.1, 0.15) is 5.56 Å². The number of halogens is 1. The van der Waals surface area contributed by atoms with Gasteiger partial charge < -0.3 is 10.1 Å². The summed E-state index contributed by atoms with van der Waals surface area (Å²) in [5, 5.41) is 2.99. The van der Waals surface area contributed by atoms with Crippen LogP contribution in [0.3, 0.4) is 0 Å². The number of nitrogens with zero attached hydrogens (tertiary/aromatic N) is 1. The molecular weight excluding hydrogens is 369 g/mol. The number of sulfonamides is 1. The molecule has 0 atom stereocenters. The van der Waals surface area contributed by atoms with Gasteiger partial charge in [0, 0.05) is 5.69 Å². The molecule has 1 heterocycles. The van der Waals surface area contributed by atoms with Gasteiger partial charge in [0.1, 0.15) is 17.4 Å². The van der Waals surface area contributed by atoms with Crippen molar-refractivity contribution in [3.05, 3.63) is 72.2 Å². The summed E-state index contributed by atoms with van der Waals surface area (Å²) < 4.78 is 45.8. The third kappa shape index (κ3) is 4.53. The molecule has 0 fully saturated rings. The molecule has 0 saturated heterocycles. The van der Waals surface area contributed by atoms with Crippen LogP contribution in [0.4, 0.5) is 21.6 Å². The van der Waals surface area contributed by atoms with Gasteiger partial charge in [-0.05, 0) is 61.0 Å². The van der Waals surface area contributed by atoms with E-state index >= 15 is 0 Å². The summed E-state index contributed by atoms with van der Waals surface area (Å²) in [6, 6.07) is 13.8. The van der Waals surface area contributed by atoms with Gasteiger partial charge in [-0.25, -0.2) is 17.8 Å². The first kappa shape index (κ1) is 18.7. The fourth-order valence-electron chi connectivity index (χ4n) is 2.48. The molecule has 3 rings (SSSR count). The molecule has 8 heteroatoms. The number of ether oxygens (including phenoxy) is 1. The standard InChI is InChI=1S/C19H18FN3O3S/c1-13-10-17(7-8-18(13)26-2)27(24,25)23-19-9-6-16(12-21-19)22-15-5-3-4-14(20)11-15/h3-12,22H,1-2H3,(H,21,23). The normalized spacial score (nSPS) is 11.1. The Morgan fingerprint density at radius 2 is 1.85 bits per heavy atom. The quantitative estimate of drug-likeness (QED) is 0.666. The maximum absolute atomic E-state index is 13.2. The van der Waals surface area contributed by atoms with Gasteiger partial charge in [0.15, 0.2) is 0 Å². The number of hydrogen-bond donors (Lipinski definition) is 2. The molecule has 0 amide bonds. The Morgan fingerprint density at radius 1 is 1.04 bits per heavy atom. The second kappa shape index (κ2) is 7.63. The van der Waals surface area contributed by atoms with Crippen LogP contribution < -0.4 is 14.8 Å². The summed E-state index contributed by atoms with van der Waals surface area (Å²) in [4.78, 5) is 4.21. The highest BCUT2D eigenvalue weighted by molar-refractivity contribution is 7.92. The largest absolute Gasteiger partial charge is 0.496 e. The SMILES string of the molecule is COc1ccc(S(=O)(=O)Nc2ccc(Nc3cccc(F)c3)cn2)cc1C. The zero-order chi connectivity index (χ0) is 19.4. The van der Waals surface area contributed by atoms with Crippen LogP contribution in [0.15, 0.2) is 65.7 Å². The van der Waals surface area contributed by atoms with Gasteiger partial charge in [0.05, 0.1) is 23.9 Å². The number of pyridine rings is 1. The van der Waals surface area contributed by atoms with E-state index in [9.17, 15) is 12.8 Å². The molecule has 27 heavy (non-hydrogen) atoms. The van der Waals surface area contributed by atoms with E-state index in [1.807, 2.05) is 0 Å². The number of benzene rings is 2. The van der Waals surface area contributed by atoms with Crippen molar-refractivity contribution < 1.29 is 17.5 Å². The Labute approximate surface area is 157 Å². The summed E-state index contributed by atoms with van der Waals surface area (Å²) in [5.41, 5.74) is 1.88. The molecule has 0 spiro atoms. The third-order valence-electron chi connectivity index (χ3n) is 3.79. The number of hydrogen-bond acceptors (Lipinski definition) is 5. The van der Waals surface area contributed by atoms with Crippen molar-refractivity contribution in [2.24, 2.45) is 0 Å². The maximum Gasteiger partial charge on any atom is 0.263 e. The van der Waals surface area contributed by atoms with Gasteiger partial charge in [-0.15, -0.1) is 0 Å². The minimum atomic E-state index is -3.78. The van der Waals surface area contributed by atoms with Crippen LogP contribution in [0.2, 0.25) is 0 Å². The summed E-state index contributed by atoms with van der Waals surface area (Å²) >= 11 is 0. The fourth-order valence-corrected chi connectivity index (χ4v) is 3.57. The Bertz CT molecular complexity index is 1050. The first-order valence-corrected chi connectivity index (χ1v) is 9.52. The van der Waals surface area contributed by atoms with Crippen molar-refractivity contribution in [3.63, 3.8) is 0 Å². The molecule has 0 radical (unpaired) electrons. The summed E-state index contributed by atoms with van der Waals surface area (Å²) in [7, 11) is -2.25. The molecular formula is C19H18FN3O3S. The maximum atomic E-state index is 13.2. The molecule has 0 saturated carbocycles. The molecule has 0 aliphatic carbocycles. The van der Waals surface area contributed by atoms with Crippen LogP contribution >= 0.6 is 0 Å². The highest BCUT2D eigenvalue weighted by Crippen LogP contribution is 2.23. The molecule has 0 aliphatic heterocycles. The summed E-state index contributed by atoms with van der Waals surface area (Å²) in [6.45, 7) is 1.77. The number of anilines is 3. The van der Waals surface area contributed by atoms with Crippen LogP contribution in [0.25, 0.3) is 0 Å². The first-order valence-electron chi connectivity index (χ1n) is 8.03. The lowest BCUT2D eigenvalue weighted by Gasteiger charge is -2.11. The van der Waals surface area contributed by atoms with Crippen molar-refractivity contribution in [2.45, 2.75) is 11.8 Å². The number of rotatable bonds is 6. The first-order chi connectivity index (χ1) is 12.9. The predicted octanol–water partition coefficient (Wildman–Crippen LogP) is 4.08. The lowest BCUT2D eigenvalue weighted by molar-refractivity contribution is 0.411. The number of methoxy groups -OCH3 is 1. The third-order valence-corrected chi connectivity index (χ3v) is 5.14. The minimum Gasteiger partial charge on any atom is -0.496 e. The van der Waals surface area contributed by atoms with Gasteiger partial charge >= 0.3 is 0 Å². The molecule has 6 nitrogen and oxygen atoms in total. The van der Waals surface area contributed by atoms with Crippen LogP contribution in [-0.4, -0.2) is 20.5 Å². The zero-order valence-electron chi connectivity index (χ0n) is 14.7. The van der Waals surface area contributed by atoms with Crippen molar-refractivity contribution >= 4 is 27.2 Å². The second-order valence-corrected chi connectivity index (χ2v) is 7.49. The van der Waals surface area contributed by atoms with Gasteiger partial charge in [-0.3, -0.25) is 4.72 Å². The summed E-state index contributed by atoms with van der Waals surface area (Å²) in [6.07, 6.45) is 1.46. The molecule has 140 valence electrons. The van der Waals surface area contributed by atoms with Gasteiger partial charge in [-0.2, -0.15) is 0 Å². The van der Waals surface area contributed by atoms with E-state index in [0.29, 0.717) is 22.7 Å². The van der Waals surface area contributed by atoms with Crippen LogP contribution in [0, 0.1) is 12.7 Å². The van der Waals surface area contributed by atoms with E-state index in [1.165, 1.54) is 43.6 Å². The molecule has 0 aliphatic rings. The van der Waals surface area contributed by atoms with E-state index in [-0.39, 0.29) is 16.5 Å². The highest BCUT2D eigenvalue weighted by atomic mass is 32.2. The lowest BCUT2D eigenvalue weighted by atomic mass is 10.2. The fraction of sp³-hybridized carbons (Fsp3) is 0.105. The monoisotopic (exact) mass is 387 g/mol. The topological polar surface area (TPSA) is 80.3 Å². The predicted molar refractivity (Wildman–Crippen MR) is 102 cm³/mol. The van der Waals surface area contributed by atoms with E-state index < -0.39 is 10.0 Å². The molecule has 1 aromatic heterocycles. The number of nitrogens with one attached hydrogen (secondary N) is 2. The Balaban J connectivity index is 1.74. The summed E-state index contributed by atoms with van der Waals surface area (Å²) in [5.74, 6) is 0.431. The molecule has 2 aromatic carbocycles. The number of aryl methyl sites for hydroxylation is 1. The highest BCUT2D eigenvalue weighted by Gasteiger charge is 2.16. The molecule has 0 bridgehead atoms. The van der Waals surface area contributed by atoms with E-state index in [4.69, 9.17) is 4.74 Å². The molecule has 3 aromatic rings. The van der Waals surface area contributed by atoms with Gasteiger partial charge in [0.2, 0.25) is 0 Å². The molecule has 2 N–H and O–H groups in total. The van der Waals surface area contributed by atoms with Crippen molar-refractivity contribution in [3.8, 4) is 5.75 Å². The van der Waals surface area contributed by atoms with E-state index in [0.717, 1.165) is 0 Å². The second-order valence-electron chi connectivity index (χ2n) is 5.80. The van der Waals surface area contributed by atoms with Gasteiger partial charge in [0.25, 0.3) is 10.0 Å². The lowest BCUT2D eigenvalue weighted by Crippen LogP contribution is -2.14. The van der Waals surface area contributed by atoms with Crippen molar-refractivity contribution in [1.82, 2.24) is 4.98 Å². The smallest absolute Gasteiger partial charge is 0.263 e. The Hall–Kier alpha value is -3.13. The average molecular weight is 387 g/mol. The van der Waals surface area contributed by atoms with Crippen molar-refractivity contribution in [2.75, 3.05) is 17.1 Å². The Kier molecular flexibility index (Phi) is 5.27. The average Bonchev–Trinajstić information content (AvgIpc) is 2.63. The Morgan fingerprint density at radius 3 is 2.48 bits per heavy atom.